The fraction of sp³-hybridized carbons (Fsp3) is 0.462. The number of fused-ring (bicyclic) bond motifs is 1. The van der Waals surface area contributed by atoms with E-state index in [9.17, 15) is 4.79 Å². The molecule has 1 heterocycles. The Balaban J connectivity index is 1.93. The summed E-state index contributed by atoms with van der Waals surface area (Å²) in [6.07, 6.45) is 0.220. The number of hydrogen-bond acceptors (Lipinski definition) is 3. The molecule has 17 heavy (non-hydrogen) atoms. The summed E-state index contributed by atoms with van der Waals surface area (Å²) in [6, 6.07) is 7.87. The number of carbonyl (C=O) groups excluding carboxylic acids is 1. The van der Waals surface area contributed by atoms with Crippen LogP contribution in [0.3, 0.4) is 0 Å². The van der Waals surface area contributed by atoms with Gasteiger partial charge in [0.2, 0.25) is 5.91 Å². The lowest BCUT2D eigenvalue weighted by atomic mass is 10.0. The molecule has 0 saturated heterocycles. The van der Waals surface area contributed by atoms with Gasteiger partial charge in [-0.05, 0) is 25.0 Å². The van der Waals surface area contributed by atoms with E-state index in [0.29, 0.717) is 19.5 Å². The molecule has 92 valence electrons. The molecule has 1 aliphatic rings. The molecule has 0 saturated carbocycles. The third-order valence-corrected chi connectivity index (χ3v) is 3.01. The topological polar surface area (TPSA) is 61.4 Å². The first-order valence-corrected chi connectivity index (χ1v) is 5.97. The number of carbonyl (C=O) groups is 1. The van der Waals surface area contributed by atoms with Gasteiger partial charge in [-0.2, -0.15) is 0 Å². The quantitative estimate of drug-likeness (QED) is 0.730. The number of aliphatic hydroxyl groups is 1. The zero-order valence-corrected chi connectivity index (χ0v) is 9.94. The predicted octanol–water partition coefficient (Wildman–Crippen LogP) is 1.08. The van der Waals surface area contributed by atoms with E-state index in [1.807, 2.05) is 24.3 Å². The average molecular weight is 234 g/mol. The maximum atomic E-state index is 12.0. The van der Waals surface area contributed by atoms with Gasteiger partial charge in [-0.1, -0.05) is 18.2 Å². The molecule has 0 radical (unpaired) electrons. The third-order valence-electron chi connectivity index (χ3n) is 3.01. The lowest BCUT2D eigenvalue weighted by Gasteiger charge is -2.11. The molecule has 2 atom stereocenters. The molecule has 2 unspecified atom stereocenters. The van der Waals surface area contributed by atoms with Crippen LogP contribution in [0.4, 0.5) is 5.69 Å². The Morgan fingerprint density at radius 1 is 1.59 bits per heavy atom. The van der Waals surface area contributed by atoms with Crippen molar-refractivity contribution in [2.24, 2.45) is 0 Å². The standard InChI is InChI=1S/C13H18N2O2/c1-9(16)6-7-14-13(17)11-8-15-12-5-3-2-4-10(11)12/h2-5,9,11,15-16H,6-8H2,1H3,(H,14,17). The minimum absolute atomic E-state index is 0.0306. The van der Waals surface area contributed by atoms with E-state index >= 15 is 0 Å². The minimum Gasteiger partial charge on any atom is -0.393 e. The van der Waals surface area contributed by atoms with Gasteiger partial charge in [0.25, 0.3) is 0 Å². The number of nitrogens with one attached hydrogen (secondary N) is 2. The molecule has 0 bridgehead atoms. The van der Waals surface area contributed by atoms with E-state index in [0.717, 1.165) is 11.3 Å². The number of rotatable bonds is 4. The molecule has 0 aliphatic carbocycles. The summed E-state index contributed by atoms with van der Waals surface area (Å²) >= 11 is 0. The fourth-order valence-electron chi connectivity index (χ4n) is 2.05. The van der Waals surface area contributed by atoms with Crippen LogP contribution in [0.2, 0.25) is 0 Å². The average Bonchev–Trinajstić information content (AvgIpc) is 2.72. The molecule has 0 spiro atoms. The van der Waals surface area contributed by atoms with Crippen LogP contribution in [0.15, 0.2) is 24.3 Å². The summed E-state index contributed by atoms with van der Waals surface area (Å²) in [4.78, 5) is 12.0. The van der Waals surface area contributed by atoms with Gasteiger partial charge in [0.05, 0.1) is 12.0 Å². The number of benzene rings is 1. The first-order chi connectivity index (χ1) is 8.18. The molecule has 4 nitrogen and oxygen atoms in total. The second kappa shape index (κ2) is 5.19. The van der Waals surface area contributed by atoms with E-state index in [-0.39, 0.29) is 17.9 Å². The molecule has 0 aromatic heterocycles. The van der Waals surface area contributed by atoms with E-state index in [1.54, 1.807) is 6.92 Å². The van der Waals surface area contributed by atoms with Crippen LogP contribution in [0.1, 0.15) is 24.8 Å². The highest BCUT2D eigenvalue weighted by atomic mass is 16.3. The lowest BCUT2D eigenvalue weighted by Crippen LogP contribution is -2.32. The van der Waals surface area contributed by atoms with Crippen LogP contribution < -0.4 is 10.6 Å². The Bertz CT molecular complexity index is 404. The number of amides is 1. The van der Waals surface area contributed by atoms with Gasteiger partial charge < -0.3 is 15.7 Å². The zero-order chi connectivity index (χ0) is 12.3. The number of anilines is 1. The van der Waals surface area contributed by atoms with Crippen molar-refractivity contribution in [3.05, 3.63) is 29.8 Å². The largest absolute Gasteiger partial charge is 0.393 e. The molecule has 3 N–H and O–H groups in total. The van der Waals surface area contributed by atoms with Gasteiger partial charge in [-0.15, -0.1) is 0 Å². The third kappa shape index (κ3) is 2.77. The smallest absolute Gasteiger partial charge is 0.229 e. The van der Waals surface area contributed by atoms with Gasteiger partial charge >= 0.3 is 0 Å². The molecule has 2 rings (SSSR count). The normalized spacial score (nSPS) is 19.3. The molecular formula is C13H18N2O2. The number of aliphatic hydroxyl groups excluding tert-OH is 1. The van der Waals surface area contributed by atoms with E-state index in [2.05, 4.69) is 10.6 Å². The molecule has 1 aliphatic heterocycles. The summed E-state index contributed by atoms with van der Waals surface area (Å²) in [6.45, 7) is 2.90. The van der Waals surface area contributed by atoms with Crippen LogP contribution in [-0.2, 0) is 4.79 Å². The fourth-order valence-corrected chi connectivity index (χ4v) is 2.05. The van der Waals surface area contributed by atoms with Crippen LogP contribution in [0.5, 0.6) is 0 Å². The van der Waals surface area contributed by atoms with E-state index in [1.165, 1.54) is 0 Å². The van der Waals surface area contributed by atoms with Crippen molar-refractivity contribution in [1.29, 1.82) is 0 Å². The van der Waals surface area contributed by atoms with Crippen LogP contribution in [0, 0.1) is 0 Å². The van der Waals surface area contributed by atoms with Crippen LogP contribution >= 0.6 is 0 Å². The van der Waals surface area contributed by atoms with Crippen LogP contribution in [0.25, 0.3) is 0 Å². The van der Waals surface area contributed by atoms with Crippen molar-refractivity contribution in [1.82, 2.24) is 5.32 Å². The first kappa shape index (κ1) is 11.9. The summed E-state index contributed by atoms with van der Waals surface area (Å²) in [7, 11) is 0. The maximum Gasteiger partial charge on any atom is 0.229 e. The van der Waals surface area contributed by atoms with Crippen molar-refractivity contribution in [3.8, 4) is 0 Å². The summed E-state index contributed by atoms with van der Waals surface area (Å²) in [5.74, 6) is -0.0803. The second-order valence-electron chi connectivity index (χ2n) is 4.45. The van der Waals surface area contributed by atoms with Gasteiger partial charge in [0, 0.05) is 18.8 Å². The number of hydrogen-bond donors (Lipinski definition) is 3. The Kier molecular flexibility index (Phi) is 3.64. The van der Waals surface area contributed by atoms with Gasteiger partial charge in [0.1, 0.15) is 0 Å². The Hall–Kier alpha value is -1.55. The maximum absolute atomic E-state index is 12.0. The van der Waals surface area contributed by atoms with Gasteiger partial charge in [-0.3, -0.25) is 4.79 Å². The van der Waals surface area contributed by atoms with E-state index in [4.69, 9.17) is 5.11 Å². The first-order valence-electron chi connectivity index (χ1n) is 5.97. The van der Waals surface area contributed by atoms with Crippen molar-refractivity contribution in [2.45, 2.75) is 25.4 Å². The Morgan fingerprint density at radius 2 is 2.35 bits per heavy atom. The molecule has 1 aromatic rings. The zero-order valence-electron chi connectivity index (χ0n) is 9.94. The Morgan fingerprint density at radius 3 is 3.12 bits per heavy atom. The van der Waals surface area contributed by atoms with Crippen molar-refractivity contribution in [2.75, 3.05) is 18.4 Å². The molecule has 4 heteroatoms. The SMILES string of the molecule is CC(O)CCNC(=O)C1CNc2ccccc21. The van der Waals surface area contributed by atoms with Crippen LogP contribution in [-0.4, -0.2) is 30.2 Å². The number of para-hydroxylation sites is 1. The van der Waals surface area contributed by atoms with E-state index < -0.39 is 0 Å². The van der Waals surface area contributed by atoms with Crippen molar-refractivity contribution < 1.29 is 9.90 Å². The minimum atomic E-state index is -0.371. The second-order valence-corrected chi connectivity index (χ2v) is 4.45. The highest BCUT2D eigenvalue weighted by Gasteiger charge is 2.27. The molecular weight excluding hydrogens is 216 g/mol. The monoisotopic (exact) mass is 234 g/mol. The van der Waals surface area contributed by atoms with Gasteiger partial charge in [-0.25, -0.2) is 0 Å². The molecule has 1 amide bonds. The predicted molar refractivity (Wildman–Crippen MR) is 67.0 cm³/mol. The van der Waals surface area contributed by atoms with Gasteiger partial charge in [0.15, 0.2) is 0 Å². The highest BCUT2D eigenvalue weighted by molar-refractivity contribution is 5.88. The summed E-state index contributed by atoms with van der Waals surface area (Å²) in [5.41, 5.74) is 2.10. The lowest BCUT2D eigenvalue weighted by molar-refractivity contribution is -0.122. The Labute approximate surface area is 101 Å². The summed E-state index contributed by atoms with van der Waals surface area (Å²) in [5, 5.41) is 15.2. The van der Waals surface area contributed by atoms with Crippen molar-refractivity contribution >= 4 is 11.6 Å². The van der Waals surface area contributed by atoms with Crippen molar-refractivity contribution in [3.63, 3.8) is 0 Å². The molecule has 0 fully saturated rings. The molecule has 1 aromatic carbocycles. The highest BCUT2D eigenvalue weighted by Crippen LogP contribution is 2.30. The summed E-state index contributed by atoms with van der Waals surface area (Å²) < 4.78 is 0.